The minimum absolute atomic E-state index is 0.0529. The zero-order valence-corrected chi connectivity index (χ0v) is 11.3. The van der Waals surface area contributed by atoms with Crippen LogP contribution in [-0.4, -0.2) is 29.8 Å². The first-order chi connectivity index (χ1) is 9.56. The summed E-state index contributed by atoms with van der Waals surface area (Å²) in [5.41, 5.74) is 6.08. The number of halogens is 1. The van der Waals surface area contributed by atoms with Crippen LogP contribution in [0.4, 0.5) is 4.39 Å². The monoisotopic (exact) mass is 278 g/mol. The summed E-state index contributed by atoms with van der Waals surface area (Å²) >= 11 is 0. The standard InChI is InChI=1S/C15H19FN2O2/c16-13-3-1-2-11(10-13)4-5-14(19)18-8-6-12(7-9-18)15(17)20/h1-3,10,12H,4-9H2,(H2,17,20). The zero-order chi connectivity index (χ0) is 14.5. The van der Waals surface area contributed by atoms with Crippen LogP contribution in [0.15, 0.2) is 24.3 Å². The molecular weight excluding hydrogens is 259 g/mol. The van der Waals surface area contributed by atoms with Crippen molar-refractivity contribution in [2.75, 3.05) is 13.1 Å². The number of aryl methyl sites for hydroxylation is 1. The molecule has 0 aromatic heterocycles. The molecule has 0 atom stereocenters. The van der Waals surface area contributed by atoms with E-state index < -0.39 is 0 Å². The maximum atomic E-state index is 13.0. The maximum absolute atomic E-state index is 13.0. The fourth-order valence-electron chi connectivity index (χ4n) is 2.52. The summed E-state index contributed by atoms with van der Waals surface area (Å²) in [6.07, 6.45) is 2.18. The first kappa shape index (κ1) is 14.5. The number of nitrogens with zero attached hydrogens (tertiary/aromatic N) is 1. The number of rotatable bonds is 4. The van der Waals surface area contributed by atoms with Crippen LogP contribution in [0.2, 0.25) is 0 Å². The number of likely N-dealkylation sites (tertiary alicyclic amines) is 1. The van der Waals surface area contributed by atoms with Gasteiger partial charge >= 0.3 is 0 Å². The summed E-state index contributed by atoms with van der Waals surface area (Å²) in [4.78, 5) is 24.9. The molecule has 5 heteroatoms. The number of benzene rings is 1. The predicted octanol–water partition coefficient (Wildman–Crippen LogP) is 1.48. The lowest BCUT2D eigenvalue weighted by Gasteiger charge is -2.30. The number of piperidine rings is 1. The molecule has 1 aromatic carbocycles. The Morgan fingerprint density at radius 3 is 2.60 bits per heavy atom. The molecule has 1 aliphatic heterocycles. The molecule has 0 spiro atoms. The fourth-order valence-corrected chi connectivity index (χ4v) is 2.52. The molecule has 0 bridgehead atoms. The minimum atomic E-state index is -0.281. The van der Waals surface area contributed by atoms with E-state index in [0.29, 0.717) is 38.8 Å². The molecule has 0 saturated carbocycles. The Bertz CT molecular complexity index is 496. The molecule has 1 saturated heterocycles. The number of primary amides is 1. The molecule has 108 valence electrons. The highest BCUT2D eigenvalue weighted by Gasteiger charge is 2.25. The van der Waals surface area contributed by atoms with Crippen molar-refractivity contribution in [1.29, 1.82) is 0 Å². The molecule has 2 amide bonds. The van der Waals surface area contributed by atoms with Crippen LogP contribution in [0.5, 0.6) is 0 Å². The summed E-state index contributed by atoms with van der Waals surface area (Å²) in [5, 5.41) is 0. The Kier molecular flexibility index (Phi) is 4.71. The number of carbonyl (C=O) groups is 2. The van der Waals surface area contributed by atoms with Crippen LogP contribution >= 0.6 is 0 Å². The van der Waals surface area contributed by atoms with Gasteiger partial charge in [0.05, 0.1) is 0 Å². The molecule has 4 nitrogen and oxygen atoms in total. The zero-order valence-electron chi connectivity index (χ0n) is 11.3. The van der Waals surface area contributed by atoms with Gasteiger partial charge < -0.3 is 10.6 Å². The predicted molar refractivity (Wildman–Crippen MR) is 73.2 cm³/mol. The highest BCUT2D eigenvalue weighted by molar-refractivity contribution is 5.79. The second-order valence-corrected chi connectivity index (χ2v) is 5.19. The summed E-state index contributed by atoms with van der Waals surface area (Å²) in [6, 6.07) is 6.30. The highest BCUT2D eigenvalue weighted by atomic mass is 19.1. The SMILES string of the molecule is NC(=O)C1CCN(C(=O)CCc2cccc(F)c2)CC1. The second-order valence-electron chi connectivity index (χ2n) is 5.19. The van der Waals surface area contributed by atoms with Crippen LogP contribution < -0.4 is 5.73 Å². The van der Waals surface area contributed by atoms with E-state index in [0.717, 1.165) is 5.56 Å². The van der Waals surface area contributed by atoms with Crippen molar-refractivity contribution in [1.82, 2.24) is 4.90 Å². The third-order valence-electron chi connectivity index (χ3n) is 3.77. The summed E-state index contributed by atoms with van der Waals surface area (Å²) in [5.74, 6) is -0.617. The van der Waals surface area contributed by atoms with E-state index in [2.05, 4.69) is 0 Å². The van der Waals surface area contributed by atoms with E-state index >= 15 is 0 Å². The van der Waals surface area contributed by atoms with Crippen LogP contribution in [0, 0.1) is 11.7 Å². The molecule has 20 heavy (non-hydrogen) atoms. The van der Waals surface area contributed by atoms with Crippen molar-refractivity contribution in [3.63, 3.8) is 0 Å². The van der Waals surface area contributed by atoms with Crippen molar-refractivity contribution in [3.05, 3.63) is 35.6 Å². The van der Waals surface area contributed by atoms with Gasteiger partial charge in [-0.1, -0.05) is 12.1 Å². The van der Waals surface area contributed by atoms with Gasteiger partial charge in [-0.15, -0.1) is 0 Å². The topological polar surface area (TPSA) is 63.4 Å². The van der Waals surface area contributed by atoms with Gasteiger partial charge in [0.2, 0.25) is 11.8 Å². The van der Waals surface area contributed by atoms with Crippen molar-refractivity contribution in [3.8, 4) is 0 Å². The lowest BCUT2D eigenvalue weighted by atomic mass is 9.96. The first-order valence-corrected chi connectivity index (χ1v) is 6.88. The van der Waals surface area contributed by atoms with Gasteiger partial charge in [-0.25, -0.2) is 4.39 Å². The molecule has 0 aliphatic carbocycles. The van der Waals surface area contributed by atoms with E-state index in [1.165, 1.54) is 12.1 Å². The average molecular weight is 278 g/mol. The molecular formula is C15H19FN2O2. The van der Waals surface area contributed by atoms with Crippen molar-refractivity contribution in [2.45, 2.75) is 25.7 Å². The van der Waals surface area contributed by atoms with Gasteiger partial charge in [0.1, 0.15) is 5.82 Å². The van der Waals surface area contributed by atoms with Gasteiger partial charge in [-0.05, 0) is 37.0 Å². The van der Waals surface area contributed by atoms with Gasteiger partial charge in [0, 0.05) is 25.4 Å². The highest BCUT2D eigenvalue weighted by Crippen LogP contribution is 2.18. The Balaban J connectivity index is 1.80. The Morgan fingerprint density at radius 1 is 1.30 bits per heavy atom. The Labute approximate surface area is 117 Å². The molecule has 1 heterocycles. The largest absolute Gasteiger partial charge is 0.369 e. The van der Waals surface area contributed by atoms with Crippen molar-refractivity contribution < 1.29 is 14.0 Å². The lowest BCUT2D eigenvalue weighted by Crippen LogP contribution is -2.41. The summed E-state index contributed by atoms with van der Waals surface area (Å²) in [7, 11) is 0. The summed E-state index contributed by atoms with van der Waals surface area (Å²) < 4.78 is 13.0. The van der Waals surface area contributed by atoms with Gasteiger partial charge in [0.15, 0.2) is 0 Å². The van der Waals surface area contributed by atoms with Crippen LogP contribution in [-0.2, 0) is 16.0 Å². The Hall–Kier alpha value is -1.91. The summed E-state index contributed by atoms with van der Waals surface area (Å²) in [6.45, 7) is 1.16. The lowest BCUT2D eigenvalue weighted by molar-refractivity contribution is -0.134. The number of carbonyl (C=O) groups excluding carboxylic acids is 2. The third-order valence-corrected chi connectivity index (χ3v) is 3.77. The number of nitrogens with two attached hydrogens (primary N) is 1. The van der Waals surface area contributed by atoms with Crippen molar-refractivity contribution in [2.24, 2.45) is 11.7 Å². The molecule has 2 rings (SSSR count). The number of amides is 2. The second kappa shape index (κ2) is 6.50. The van der Waals surface area contributed by atoms with E-state index in [9.17, 15) is 14.0 Å². The third kappa shape index (κ3) is 3.79. The molecule has 1 aromatic rings. The quantitative estimate of drug-likeness (QED) is 0.906. The fraction of sp³-hybridized carbons (Fsp3) is 0.467. The maximum Gasteiger partial charge on any atom is 0.222 e. The van der Waals surface area contributed by atoms with Crippen LogP contribution in [0.3, 0.4) is 0 Å². The molecule has 0 radical (unpaired) electrons. The number of hydrogen-bond acceptors (Lipinski definition) is 2. The average Bonchev–Trinajstić information content (AvgIpc) is 2.45. The molecule has 1 fully saturated rings. The van der Waals surface area contributed by atoms with E-state index in [4.69, 9.17) is 5.73 Å². The van der Waals surface area contributed by atoms with E-state index in [-0.39, 0.29) is 23.5 Å². The first-order valence-electron chi connectivity index (χ1n) is 6.88. The molecule has 1 aliphatic rings. The van der Waals surface area contributed by atoms with E-state index in [1.807, 2.05) is 6.07 Å². The molecule has 2 N–H and O–H groups in total. The normalized spacial score (nSPS) is 16.1. The van der Waals surface area contributed by atoms with Gasteiger partial charge in [-0.2, -0.15) is 0 Å². The van der Waals surface area contributed by atoms with Gasteiger partial charge in [0.25, 0.3) is 0 Å². The number of hydrogen-bond donors (Lipinski definition) is 1. The molecule has 0 unspecified atom stereocenters. The van der Waals surface area contributed by atoms with E-state index in [1.54, 1.807) is 11.0 Å². The smallest absolute Gasteiger partial charge is 0.222 e. The van der Waals surface area contributed by atoms with Gasteiger partial charge in [-0.3, -0.25) is 9.59 Å². The van der Waals surface area contributed by atoms with Crippen LogP contribution in [0.1, 0.15) is 24.8 Å². The van der Waals surface area contributed by atoms with Crippen molar-refractivity contribution >= 4 is 11.8 Å². The minimum Gasteiger partial charge on any atom is -0.369 e. The van der Waals surface area contributed by atoms with Crippen LogP contribution in [0.25, 0.3) is 0 Å². The Morgan fingerprint density at radius 2 is 2.00 bits per heavy atom.